The average Bonchev–Trinajstić information content (AvgIpc) is 2.83. The van der Waals surface area contributed by atoms with Crippen molar-refractivity contribution in [3.63, 3.8) is 0 Å². The van der Waals surface area contributed by atoms with Crippen LogP contribution in [-0.2, 0) is 4.79 Å². The lowest BCUT2D eigenvalue weighted by Gasteiger charge is -2.12. The number of ether oxygens (including phenoxy) is 3. The van der Waals surface area contributed by atoms with E-state index in [-0.39, 0.29) is 18.2 Å². The molecular formula is C23H22N4O6. The zero-order valence-electron chi connectivity index (χ0n) is 18.0. The molecule has 0 aromatic heterocycles. The highest BCUT2D eigenvalue weighted by Crippen LogP contribution is 2.28. The van der Waals surface area contributed by atoms with Gasteiger partial charge in [0.1, 0.15) is 5.75 Å². The van der Waals surface area contributed by atoms with Crippen LogP contribution in [-0.4, -0.2) is 37.9 Å². The predicted octanol–water partition coefficient (Wildman–Crippen LogP) is 4.08. The summed E-state index contributed by atoms with van der Waals surface area (Å²) in [5, 5.41) is 17.5. The fourth-order valence-corrected chi connectivity index (χ4v) is 2.80. The molecule has 33 heavy (non-hydrogen) atoms. The standard InChI is InChI=1S/C23H22N4O6/c1-31-20-6-4-3-5-19(20)25-23(28)15-33-21-12-7-16(13-22(21)32-2)14-24-26-17-8-10-18(11-9-17)27(29)30/h3-14,26H,15H2,1-2H3,(H,25,28)/b24-14-. The van der Waals surface area contributed by atoms with Crippen LogP contribution in [0.3, 0.4) is 0 Å². The van der Waals surface area contributed by atoms with E-state index in [0.717, 1.165) is 0 Å². The van der Waals surface area contributed by atoms with Crippen molar-refractivity contribution in [3.8, 4) is 17.2 Å². The highest BCUT2D eigenvalue weighted by molar-refractivity contribution is 5.93. The molecular weight excluding hydrogens is 428 g/mol. The van der Waals surface area contributed by atoms with Crippen LogP contribution < -0.4 is 25.0 Å². The molecule has 170 valence electrons. The monoisotopic (exact) mass is 450 g/mol. The normalized spacial score (nSPS) is 10.5. The van der Waals surface area contributed by atoms with Gasteiger partial charge in [-0.05, 0) is 48.0 Å². The number of non-ortho nitro benzene ring substituents is 1. The molecule has 0 aliphatic carbocycles. The van der Waals surface area contributed by atoms with E-state index in [2.05, 4.69) is 15.8 Å². The summed E-state index contributed by atoms with van der Waals surface area (Å²) in [6.07, 6.45) is 1.56. The number of nitrogens with zero attached hydrogens (tertiary/aromatic N) is 2. The van der Waals surface area contributed by atoms with Crippen LogP contribution in [0.25, 0.3) is 0 Å². The SMILES string of the molecule is COc1ccccc1NC(=O)COc1ccc(/C=N\Nc2ccc([N+](=O)[O-])cc2)cc1OC. The maximum absolute atomic E-state index is 12.3. The smallest absolute Gasteiger partial charge is 0.269 e. The lowest BCUT2D eigenvalue weighted by molar-refractivity contribution is -0.384. The first kappa shape index (κ1) is 23.1. The first-order valence-electron chi connectivity index (χ1n) is 9.77. The number of amides is 1. The van der Waals surface area contributed by atoms with Gasteiger partial charge in [-0.2, -0.15) is 5.10 Å². The molecule has 1 amide bonds. The fourth-order valence-electron chi connectivity index (χ4n) is 2.80. The van der Waals surface area contributed by atoms with Crippen molar-refractivity contribution in [2.45, 2.75) is 0 Å². The summed E-state index contributed by atoms with van der Waals surface area (Å²) in [7, 11) is 3.02. The Morgan fingerprint density at radius 3 is 2.42 bits per heavy atom. The van der Waals surface area contributed by atoms with E-state index in [4.69, 9.17) is 14.2 Å². The number of para-hydroxylation sites is 2. The molecule has 3 aromatic carbocycles. The Morgan fingerprint density at radius 2 is 1.73 bits per heavy atom. The van der Waals surface area contributed by atoms with Gasteiger partial charge in [-0.25, -0.2) is 0 Å². The van der Waals surface area contributed by atoms with Crippen LogP contribution in [0.1, 0.15) is 5.56 Å². The number of benzene rings is 3. The maximum atomic E-state index is 12.3. The molecule has 0 aliphatic rings. The molecule has 0 fully saturated rings. The summed E-state index contributed by atoms with van der Waals surface area (Å²) in [5.74, 6) is 1.03. The van der Waals surface area contributed by atoms with Gasteiger partial charge in [0.2, 0.25) is 0 Å². The molecule has 0 heterocycles. The van der Waals surface area contributed by atoms with Gasteiger partial charge >= 0.3 is 0 Å². The third kappa shape index (κ3) is 6.44. The second-order valence-corrected chi connectivity index (χ2v) is 6.62. The van der Waals surface area contributed by atoms with Crippen molar-refractivity contribution in [3.05, 3.63) is 82.4 Å². The Morgan fingerprint density at radius 1 is 1.00 bits per heavy atom. The Hall–Kier alpha value is -4.60. The zero-order valence-corrected chi connectivity index (χ0v) is 18.0. The number of carbonyl (C=O) groups excluding carboxylic acids is 1. The van der Waals surface area contributed by atoms with E-state index in [0.29, 0.717) is 34.2 Å². The van der Waals surface area contributed by atoms with Crippen molar-refractivity contribution in [1.82, 2.24) is 0 Å². The van der Waals surface area contributed by atoms with E-state index >= 15 is 0 Å². The molecule has 3 rings (SSSR count). The molecule has 2 N–H and O–H groups in total. The third-order valence-electron chi connectivity index (χ3n) is 4.41. The minimum absolute atomic E-state index is 0.00134. The molecule has 0 unspecified atom stereocenters. The number of methoxy groups -OCH3 is 2. The van der Waals surface area contributed by atoms with Crippen molar-refractivity contribution in [1.29, 1.82) is 0 Å². The largest absolute Gasteiger partial charge is 0.495 e. The number of hydrazone groups is 1. The molecule has 3 aromatic rings. The number of nitro groups is 1. The average molecular weight is 450 g/mol. The minimum Gasteiger partial charge on any atom is -0.495 e. The summed E-state index contributed by atoms with van der Waals surface area (Å²) in [6, 6.07) is 18.1. The summed E-state index contributed by atoms with van der Waals surface area (Å²) in [4.78, 5) is 22.5. The zero-order chi connectivity index (χ0) is 23.6. The van der Waals surface area contributed by atoms with E-state index < -0.39 is 4.92 Å². The third-order valence-corrected chi connectivity index (χ3v) is 4.41. The molecule has 0 aliphatic heterocycles. The summed E-state index contributed by atoms with van der Waals surface area (Å²) in [5.41, 5.74) is 4.66. The Balaban J connectivity index is 1.58. The second-order valence-electron chi connectivity index (χ2n) is 6.62. The molecule has 0 radical (unpaired) electrons. The molecule has 0 saturated heterocycles. The van der Waals surface area contributed by atoms with Gasteiger partial charge in [0.25, 0.3) is 11.6 Å². The molecule has 0 atom stereocenters. The van der Waals surface area contributed by atoms with Gasteiger partial charge in [-0.15, -0.1) is 0 Å². The van der Waals surface area contributed by atoms with Crippen LogP contribution in [0.2, 0.25) is 0 Å². The van der Waals surface area contributed by atoms with Crippen molar-refractivity contribution >= 4 is 29.2 Å². The van der Waals surface area contributed by atoms with Gasteiger partial charge in [0.15, 0.2) is 18.1 Å². The van der Waals surface area contributed by atoms with Crippen LogP contribution in [0.15, 0.2) is 71.8 Å². The molecule has 10 heteroatoms. The molecule has 0 bridgehead atoms. The fraction of sp³-hybridized carbons (Fsp3) is 0.130. The summed E-state index contributed by atoms with van der Waals surface area (Å²) >= 11 is 0. The van der Waals surface area contributed by atoms with Gasteiger partial charge < -0.3 is 19.5 Å². The van der Waals surface area contributed by atoms with E-state index in [9.17, 15) is 14.9 Å². The number of hydrogen-bond acceptors (Lipinski definition) is 8. The van der Waals surface area contributed by atoms with Gasteiger partial charge in [0.05, 0.1) is 36.7 Å². The minimum atomic E-state index is -0.467. The van der Waals surface area contributed by atoms with Gasteiger partial charge in [-0.3, -0.25) is 20.3 Å². The Labute approximate surface area is 189 Å². The number of anilines is 2. The maximum Gasteiger partial charge on any atom is 0.269 e. The van der Waals surface area contributed by atoms with Crippen LogP contribution in [0.4, 0.5) is 17.1 Å². The number of rotatable bonds is 10. The number of carbonyl (C=O) groups is 1. The highest BCUT2D eigenvalue weighted by Gasteiger charge is 2.11. The highest BCUT2D eigenvalue weighted by atomic mass is 16.6. The summed E-state index contributed by atoms with van der Waals surface area (Å²) in [6.45, 7) is -0.219. The molecule has 0 spiro atoms. The van der Waals surface area contributed by atoms with Gasteiger partial charge in [-0.1, -0.05) is 12.1 Å². The van der Waals surface area contributed by atoms with Crippen molar-refractivity contribution < 1.29 is 23.9 Å². The number of nitro benzene ring substituents is 1. The molecule has 10 nitrogen and oxygen atoms in total. The summed E-state index contributed by atoms with van der Waals surface area (Å²) < 4.78 is 16.2. The first-order chi connectivity index (χ1) is 16.0. The second kappa shape index (κ2) is 11.1. The quantitative estimate of drug-likeness (QED) is 0.271. The number of hydrogen-bond donors (Lipinski definition) is 2. The van der Waals surface area contributed by atoms with E-state index in [1.807, 2.05) is 6.07 Å². The number of nitrogens with one attached hydrogen (secondary N) is 2. The Bertz CT molecular complexity index is 1150. The van der Waals surface area contributed by atoms with Gasteiger partial charge in [0, 0.05) is 12.1 Å². The van der Waals surface area contributed by atoms with Crippen LogP contribution >= 0.6 is 0 Å². The lowest BCUT2D eigenvalue weighted by atomic mass is 10.2. The molecule has 0 saturated carbocycles. The first-order valence-corrected chi connectivity index (χ1v) is 9.77. The lowest BCUT2D eigenvalue weighted by Crippen LogP contribution is -2.20. The van der Waals surface area contributed by atoms with E-state index in [1.165, 1.54) is 26.4 Å². The van der Waals surface area contributed by atoms with Crippen molar-refractivity contribution in [2.75, 3.05) is 31.6 Å². The van der Waals surface area contributed by atoms with Crippen LogP contribution in [0.5, 0.6) is 17.2 Å². The van der Waals surface area contributed by atoms with Crippen molar-refractivity contribution in [2.24, 2.45) is 5.10 Å². The predicted molar refractivity (Wildman–Crippen MR) is 124 cm³/mol. The van der Waals surface area contributed by atoms with E-state index in [1.54, 1.807) is 54.7 Å². The van der Waals surface area contributed by atoms with Crippen LogP contribution in [0, 0.1) is 10.1 Å². The Kier molecular flexibility index (Phi) is 7.79. The topological polar surface area (TPSA) is 124 Å².